The summed E-state index contributed by atoms with van der Waals surface area (Å²) in [7, 11) is 0. The third-order valence-electron chi connectivity index (χ3n) is 4.63. The van der Waals surface area contributed by atoms with Crippen molar-refractivity contribution < 1.29 is 14.3 Å². The van der Waals surface area contributed by atoms with Crippen molar-refractivity contribution in [1.82, 2.24) is 10.2 Å². The first-order valence-corrected chi connectivity index (χ1v) is 8.57. The van der Waals surface area contributed by atoms with Crippen LogP contribution in [0, 0.1) is 11.8 Å². The number of carbonyl (C=O) groups excluding carboxylic acids is 2. The maximum atomic E-state index is 12.5. The van der Waals surface area contributed by atoms with E-state index in [2.05, 4.69) is 23.7 Å². The van der Waals surface area contributed by atoms with Gasteiger partial charge in [-0.25, -0.2) is 4.79 Å². The molecule has 0 aromatic carbocycles. The fraction of sp³-hybridized carbons (Fsp3) is 0.684. The van der Waals surface area contributed by atoms with Gasteiger partial charge in [-0.05, 0) is 65.7 Å². The van der Waals surface area contributed by atoms with E-state index in [0.717, 1.165) is 12.8 Å². The lowest BCUT2D eigenvalue weighted by Gasteiger charge is -2.46. The van der Waals surface area contributed by atoms with Crippen molar-refractivity contribution in [2.75, 3.05) is 0 Å². The van der Waals surface area contributed by atoms with Crippen LogP contribution in [0.3, 0.4) is 0 Å². The molecule has 2 atom stereocenters. The number of piperidine rings is 1. The zero-order chi connectivity index (χ0) is 18.0. The van der Waals surface area contributed by atoms with Crippen molar-refractivity contribution in [1.29, 1.82) is 0 Å². The van der Waals surface area contributed by atoms with E-state index in [1.165, 1.54) is 0 Å². The van der Waals surface area contributed by atoms with Gasteiger partial charge < -0.3 is 15.0 Å². The Kier molecular flexibility index (Phi) is 5.27. The van der Waals surface area contributed by atoms with Gasteiger partial charge in [-0.15, -0.1) is 6.58 Å². The number of nitrogens with one attached hydrogen (secondary N) is 1. The minimum atomic E-state index is -0.503. The molecule has 0 aromatic heterocycles. The topological polar surface area (TPSA) is 58.6 Å². The fourth-order valence-electron chi connectivity index (χ4n) is 3.94. The van der Waals surface area contributed by atoms with Gasteiger partial charge in [0.2, 0.25) is 0 Å². The van der Waals surface area contributed by atoms with E-state index in [4.69, 9.17) is 4.74 Å². The van der Waals surface area contributed by atoms with Gasteiger partial charge >= 0.3 is 6.09 Å². The van der Waals surface area contributed by atoms with Crippen LogP contribution in [-0.4, -0.2) is 40.1 Å². The van der Waals surface area contributed by atoms with Crippen molar-refractivity contribution in [2.24, 2.45) is 0 Å². The minimum absolute atomic E-state index is 0.0911. The molecule has 2 rings (SSSR count). The molecule has 2 fully saturated rings. The van der Waals surface area contributed by atoms with Gasteiger partial charge in [0, 0.05) is 17.6 Å². The second kappa shape index (κ2) is 6.88. The Morgan fingerprint density at radius 2 is 1.92 bits per heavy atom. The second-order valence-electron chi connectivity index (χ2n) is 7.78. The van der Waals surface area contributed by atoms with Gasteiger partial charge in [-0.2, -0.15) is 0 Å². The van der Waals surface area contributed by atoms with Crippen LogP contribution in [0.1, 0.15) is 59.8 Å². The SMILES string of the molecule is C=CCC1(NC(=O)C#CC)CC2CCC(C1)N2C(=O)OC(C)(C)C. The number of hydrogen-bond donors (Lipinski definition) is 1. The van der Waals surface area contributed by atoms with E-state index in [0.29, 0.717) is 19.3 Å². The van der Waals surface area contributed by atoms with Crippen LogP contribution in [-0.2, 0) is 9.53 Å². The molecule has 24 heavy (non-hydrogen) atoms. The third-order valence-corrected chi connectivity index (χ3v) is 4.63. The average Bonchev–Trinajstić information content (AvgIpc) is 2.70. The maximum absolute atomic E-state index is 12.5. The smallest absolute Gasteiger partial charge is 0.410 e. The first-order valence-electron chi connectivity index (χ1n) is 8.57. The molecule has 2 bridgehead atoms. The normalized spacial score (nSPS) is 28.6. The summed E-state index contributed by atoms with van der Waals surface area (Å²) in [6.45, 7) is 11.1. The van der Waals surface area contributed by atoms with Gasteiger partial charge in [0.15, 0.2) is 0 Å². The zero-order valence-corrected chi connectivity index (χ0v) is 15.1. The van der Waals surface area contributed by atoms with E-state index in [-0.39, 0.29) is 29.6 Å². The van der Waals surface area contributed by atoms with Gasteiger partial charge in [-0.1, -0.05) is 12.0 Å². The molecule has 2 amide bonds. The van der Waals surface area contributed by atoms with Crippen LogP contribution in [0.15, 0.2) is 12.7 Å². The van der Waals surface area contributed by atoms with Crippen LogP contribution in [0.4, 0.5) is 4.79 Å². The van der Waals surface area contributed by atoms with E-state index < -0.39 is 5.60 Å². The molecule has 0 radical (unpaired) electrons. The van der Waals surface area contributed by atoms with Crippen molar-refractivity contribution in [3.05, 3.63) is 12.7 Å². The molecule has 0 aromatic rings. The number of ether oxygens (including phenoxy) is 1. The summed E-state index contributed by atoms with van der Waals surface area (Å²) in [6.07, 6.45) is 5.58. The molecular formula is C19H28N2O3. The summed E-state index contributed by atoms with van der Waals surface area (Å²) >= 11 is 0. The Labute approximate surface area is 144 Å². The fourth-order valence-corrected chi connectivity index (χ4v) is 3.94. The molecule has 1 N–H and O–H groups in total. The van der Waals surface area contributed by atoms with E-state index in [1.807, 2.05) is 31.7 Å². The Hall–Kier alpha value is -1.96. The number of carbonyl (C=O) groups is 2. The number of amides is 2. The van der Waals surface area contributed by atoms with E-state index in [1.54, 1.807) is 6.92 Å². The summed E-state index contributed by atoms with van der Waals surface area (Å²) in [4.78, 5) is 26.4. The largest absolute Gasteiger partial charge is 0.444 e. The van der Waals surface area contributed by atoms with Gasteiger partial charge in [-0.3, -0.25) is 4.79 Å². The molecule has 5 heteroatoms. The second-order valence-corrected chi connectivity index (χ2v) is 7.78. The van der Waals surface area contributed by atoms with Crippen LogP contribution in [0.25, 0.3) is 0 Å². The Bertz CT molecular complexity index is 566. The van der Waals surface area contributed by atoms with Crippen LogP contribution in [0.5, 0.6) is 0 Å². The maximum Gasteiger partial charge on any atom is 0.410 e. The highest BCUT2D eigenvalue weighted by Gasteiger charge is 2.51. The van der Waals surface area contributed by atoms with Crippen molar-refractivity contribution in [2.45, 2.75) is 83.0 Å². The molecule has 0 spiro atoms. The molecule has 2 aliphatic heterocycles. The van der Waals surface area contributed by atoms with E-state index >= 15 is 0 Å². The van der Waals surface area contributed by atoms with Crippen LogP contribution in [0.2, 0.25) is 0 Å². The molecule has 2 saturated heterocycles. The zero-order valence-electron chi connectivity index (χ0n) is 15.1. The lowest BCUT2D eigenvalue weighted by Crippen LogP contribution is -2.60. The third kappa shape index (κ3) is 4.11. The number of hydrogen-bond acceptors (Lipinski definition) is 3. The quantitative estimate of drug-likeness (QED) is 0.638. The molecule has 2 heterocycles. The molecule has 0 saturated carbocycles. The highest BCUT2D eigenvalue weighted by atomic mass is 16.6. The highest BCUT2D eigenvalue weighted by molar-refractivity contribution is 5.94. The van der Waals surface area contributed by atoms with Crippen LogP contribution < -0.4 is 5.32 Å². The first kappa shape index (κ1) is 18.4. The monoisotopic (exact) mass is 332 g/mol. The Morgan fingerprint density at radius 3 is 2.38 bits per heavy atom. The standard InChI is InChI=1S/C19H28N2O3/c1-6-8-16(22)20-19(11-7-2)12-14-9-10-15(13-19)21(14)17(23)24-18(3,4)5/h7,14-15H,2,9-13H2,1,3-5H3,(H,20,22). The minimum Gasteiger partial charge on any atom is -0.444 e. The van der Waals surface area contributed by atoms with Crippen molar-refractivity contribution in [3.8, 4) is 11.8 Å². The van der Waals surface area contributed by atoms with Gasteiger partial charge in [0.1, 0.15) is 5.60 Å². The number of fused-ring (bicyclic) bond motifs is 2. The number of rotatable bonds is 3. The summed E-state index contributed by atoms with van der Waals surface area (Å²) in [5.74, 6) is 4.93. The lowest BCUT2D eigenvalue weighted by atomic mass is 9.80. The predicted octanol–water partition coefficient (Wildman–Crippen LogP) is 3.00. The summed E-state index contributed by atoms with van der Waals surface area (Å²) in [5.41, 5.74) is -0.871. The van der Waals surface area contributed by atoms with Crippen molar-refractivity contribution in [3.63, 3.8) is 0 Å². The Morgan fingerprint density at radius 1 is 1.33 bits per heavy atom. The lowest BCUT2D eigenvalue weighted by molar-refractivity contribution is -0.118. The molecule has 5 nitrogen and oxygen atoms in total. The molecule has 2 unspecified atom stereocenters. The average molecular weight is 332 g/mol. The Balaban J connectivity index is 2.16. The first-order chi connectivity index (χ1) is 11.2. The molecular weight excluding hydrogens is 304 g/mol. The molecule has 2 aliphatic rings. The summed E-state index contributed by atoms with van der Waals surface area (Å²) < 4.78 is 5.56. The van der Waals surface area contributed by atoms with Crippen LogP contribution >= 0.6 is 0 Å². The predicted molar refractivity (Wildman–Crippen MR) is 93.3 cm³/mol. The summed E-state index contributed by atoms with van der Waals surface area (Å²) in [6, 6.07) is 0.182. The molecule has 0 aliphatic carbocycles. The molecule has 132 valence electrons. The van der Waals surface area contributed by atoms with Crippen molar-refractivity contribution >= 4 is 12.0 Å². The summed E-state index contributed by atoms with van der Waals surface area (Å²) in [5, 5.41) is 3.08. The van der Waals surface area contributed by atoms with Gasteiger partial charge in [0.05, 0.1) is 0 Å². The van der Waals surface area contributed by atoms with E-state index in [9.17, 15) is 9.59 Å². The highest BCUT2D eigenvalue weighted by Crippen LogP contribution is 2.43. The van der Waals surface area contributed by atoms with Gasteiger partial charge in [0.25, 0.3) is 5.91 Å². The number of nitrogens with zero attached hydrogens (tertiary/aromatic N) is 1.